The second-order valence-corrected chi connectivity index (χ2v) is 8.06. The van der Waals surface area contributed by atoms with E-state index < -0.39 is 6.10 Å². The van der Waals surface area contributed by atoms with Crippen LogP contribution >= 0.6 is 11.3 Å². The molecule has 0 aliphatic heterocycles. The Bertz CT molecular complexity index is 858. The summed E-state index contributed by atoms with van der Waals surface area (Å²) in [5.41, 5.74) is 2.64. The van der Waals surface area contributed by atoms with Crippen molar-refractivity contribution in [3.8, 4) is 5.75 Å². The van der Waals surface area contributed by atoms with Gasteiger partial charge in [-0.05, 0) is 69.2 Å². The highest BCUT2D eigenvalue weighted by Gasteiger charge is 2.29. The average Bonchev–Trinajstić information content (AvgIpc) is 3.04. The summed E-state index contributed by atoms with van der Waals surface area (Å²) in [7, 11) is 0. The lowest BCUT2D eigenvalue weighted by Gasteiger charge is -2.17. The number of hydrogen-bond donors (Lipinski definition) is 1. The topological polar surface area (TPSA) is 64.6 Å². The third kappa shape index (κ3) is 4.55. The molecular formula is C22H27NO4S. The molecule has 0 saturated carbocycles. The molecule has 6 heteroatoms. The zero-order valence-corrected chi connectivity index (χ0v) is 17.5. The molecule has 2 aromatic rings. The van der Waals surface area contributed by atoms with Gasteiger partial charge in [-0.3, -0.25) is 4.79 Å². The van der Waals surface area contributed by atoms with Gasteiger partial charge in [0.2, 0.25) is 0 Å². The van der Waals surface area contributed by atoms with Crippen molar-refractivity contribution in [1.82, 2.24) is 0 Å². The quantitative estimate of drug-likeness (QED) is 0.670. The predicted molar refractivity (Wildman–Crippen MR) is 111 cm³/mol. The lowest BCUT2D eigenvalue weighted by molar-refractivity contribution is -0.122. The molecule has 1 amide bonds. The molecule has 0 fully saturated rings. The van der Waals surface area contributed by atoms with Crippen LogP contribution in [0.1, 0.15) is 59.5 Å². The average molecular weight is 402 g/mol. The maximum Gasteiger partial charge on any atom is 0.341 e. The number of nitrogens with one attached hydrogen (secondary N) is 1. The molecule has 1 aromatic carbocycles. The van der Waals surface area contributed by atoms with E-state index in [2.05, 4.69) is 5.32 Å². The highest BCUT2D eigenvalue weighted by atomic mass is 32.1. The first-order chi connectivity index (χ1) is 13.5. The van der Waals surface area contributed by atoms with Gasteiger partial charge in [-0.1, -0.05) is 19.1 Å². The molecule has 5 nitrogen and oxygen atoms in total. The van der Waals surface area contributed by atoms with Crippen LogP contribution in [0.15, 0.2) is 24.3 Å². The van der Waals surface area contributed by atoms with Gasteiger partial charge in [0, 0.05) is 4.88 Å². The van der Waals surface area contributed by atoms with Gasteiger partial charge in [0.05, 0.1) is 12.2 Å². The molecule has 28 heavy (non-hydrogen) atoms. The number of carbonyl (C=O) groups excluding carboxylic acids is 2. The number of amides is 1. The van der Waals surface area contributed by atoms with Crippen molar-refractivity contribution < 1.29 is 19.1 Å². The monoisotopic (exact) mass is 401 g/mol. The minimum absolute atomic E-state index is 0.242. The number of anilines is 1. The summed E-state index contributed by atoms with van der Waals surface area (Å²) in [5, 5.41) is 3.53. The van der Waals surface area contributed by atoms with Gasteiger partial charge in [-0.15, -0.1) is 11.3 Å². The molecule has 0 unspecified atom stereocenters. The van der Waals surface area contributed by atoms with Crippen LogP contribution in [-0.2, 0) is 22.4 Å². The number of benzene rings is 1. The number of aryl methyl sites for hydroxylation is 2. The van der Waals surface area contributed by atoms with E-state index in [-0.39, 0.29) is 11.9 Å². The van der Waals surface area contributed by atoms with Crippen LogP contribution in [0.25, 0.3) is 0 Å². The summed E-state index contributed by atoms with van der Waals surface area (Å²) < 4.78 is 11.2. The Morgan fingerprint density at radius 2 is 2.00 bits per heavy atom. The Balaban J connectivity index is 1.82. The summed E-state index contributed by atoms with van der Waals surface area (Å²) in [4.78, 5) is 26.6. The van der Waals surface area contributed by atoms with Crippen molar-refractivity contribution in [3.05, 3.63) is 45.8 Å². The van der Waals surface area contributed by atoms with E-state index in [0.29, 0.717) is 29.3 Å². The smallest absolute Gasteiger partial charge is 0.341 e. The predicted octanol–water partition coefficient (Wildman–Crippen LogP) is 4.91. The number of fused-ring (bicyclic) bond motifs is 1. The maximum absolute atomic E-state index is 12.9. The third-order valence-electron chi connectivity index (χ3n) is 4.82. The van der Waals surface area contributed by atoms with Crippen LogP contribution in [0.4, 0.5) is 5.00 Å². The minimum Gasteiger partial charge on any atom is -0.481 e. The van der Waals surface area contributed by atoms with Gasteiger partial charge >= 0.3 is 5.97 Å². The molecule has 3 rings (SSSR count). The molecule has 1 atom stereocenters. The van der Waals surface area contributed by atoms with Crippen molar-refractivity contribution in [3.63, 3.8) is 0 Å². The van der Waals surface area contributed by atoms with Gasteiger partial charge in [-0.2, -0.15) is 0 Å². The summed E-state index contributed by atoms with van der Waals surface area (Å²) in [6.45, 7) is 5.99. The molecule has 1 aliphatic rings. The fourth-order valence-corrected chi connectivity index (χ4v) is 4.72. The zero-order valence-electron chi connectivity index (χ0n) is 16.7. The van der Waals surface area contributed by atoms with Gasteiger partial charge in [0.25, 0.3) is 5.91 Å². The summed E-state index contributed by atoms with van der Waals surface area (Å²) in [5.74, 6) is 0.0658. The minimum atomic E-state index is -0.629. The normalized spacial score (nSPS) is 14.1. The molecule has 0 bridgehead atoms. The number of thiophene rings is 1. The van der Waals surface area contributed by atoms with Gasteiger partial charge in [0.15, 0.2) is 6.10 Å². The number of esters is 1. The van der Waals surface area contributed by atoms with Crippen LogP contribution in [0.2, 0.25) is 0 Å². The van der Waals surface area contributed by atoms with E-state index in [1.807, 2.05) is 38.1 Å². The largest absolute Gasteiger partial charge is 0.481 e. The Morgan fingerprint density at radius 3 is 2.71 bits per heavy atom. The Hall–Kier alpha value is -2.34. The molecule has 0 saturated heterocycles. The molecule has 0 spiro atoms. The van der Waals surface area contributed by atoms with Crippen LogP contribution in [-0.4, -0.2) is 24.6 Å². The first-order valence-electron chi connectivity index (χ1n) is 9.89. The number of ether oxygens (including phenoxy) is 2. The van der Waals surface area contributed by atoms with E-state index in [4.69, 9.17) is 9.47 Å². The van der Waals surface area contributed by atoms with E-state index >= 15 is 0 Å². The van der Waals surface area contributed by atoms with E-state index in [1.165, 1.54) is 16.2 Å². The first kappa shape index (κ1) is 20.4. The summed E-state index contributed by atoms with van der Waals surface area (Å²) >= 11 is 1.49. The molecule has 1 aromatic heterocycles. The van der Waals surface area contributed by atoms with Crippen molar-refractivity contribution in [1.29, 1.82) is 0 Å². The molecule has 1 N–H and O–H groups in total. The summed E-state index contributed by atoms with van der Waals surface area (Å²) in [6, 6.07) is 7.64. The maximum atomic E-state index is 12.9. The number of carbonyl (C=O) groups is 2. The molecule has 150 valence electrons. The molecule has 1 heterocycles. The highest BCUT2D eigenvalue weighted by Crippen LogP contribution is 2.38. The van der Waals surface area contributed by atoms with Gasteiger partial charge in [-0.25, -0.2) is 4.79 Å². The van der Waals surface area contributed by atoms with E-state index in [9.17, 15) is 9.59 Å². The Labute approximate surface area is 170 Å². The number of hydrogen-bond acceptors (Lipinski definition) is 5. The standard InChI is InChI=1S/C22H27NO4S/c1-4-17(27-15-10-8-9-14(3)13-15)20(24)23-21-19(22(25)26-5-2)16-11-6-7-12-18(16)28-21/h8-10,13,17H,4-7,11-12H2,1-3H3,(H,23,24)/t17-/m1/s1. The van der Waals surface area contributed by atoms with E-state index in [1.54, 1.807) is 6.92 Å². The second kappa shape index (κ2) is 9.24. The summed E-state index contributed by atoms with van der Waals surface area (Å²) in [6.07, 6.45) is 3.86. The first-order valence-corrected chi connectivity index (χ1v) is 10.7. The van der Waals surface area contributed by atoms with Crippen LogP contribution < -0.4 is 10.1 Å². The van der Waals surface area contributed by atoms with Gasteiger partial charge < -0.3 is 14.8 Å². The second-order valence-electron chi connectivity index (χ2n) is 6.96. The molecular weight excluding hydrogens is 374 g/mol. The number of rotatable bonds is 7. The lowest BCUT2D eigenvalue weighted by Crippen LogP contribution is -2.32. The third-order valence-corrected chi connectivity index (χ3v) is 6.03. The molecule has 0 radical (unpaired) electrons. The Morgan fingerprint density at radius 1 is 1.21 bits per heavy atom. The molecule has 1 aliphatic carbocycles. The van der Waals surface area contributed by atoms with Crippen LogP contribution in [0, 0.1) is 6.92 Å². The van der Waals surface area contributed by atoms with Crippen LogP contribution in [0.5, 0.6) is 5.75 Å². The van der Waals surface area contributed by atoms with Crippen molar-refractivity contribution in [2.24, 2.45) is 0 Å². The van der Waals surface area contributed by atoms with Crippen molar-refractivity contribution in [2.75, 3.05) is 11.9 Å². The fraction of sp³-hybridized carbons (Fsp3) is 0.455. The van der Waals surface area contributed by atoms with Crippen molar-refractivity contribution >= 4 is 28.2 Å². The van der Waals surface area contributed by atoms with Crippen molar-refractivity contribution in [2.45, 2.75) is 59.0 Å². The fourth-order valence-electron chi connectivity index (χ4n) is 3.44. The van der Waals surface area contributed by atoms with Crippen LogP contribution in [0.3, 0.4) is 0 Å². The van der Waals surface area contributed by atoms with E-state index in [0.717, 1.165) is 36.8 Å². The zero-order chi connectivity index (χ0) is 20.1. The Kier molecular flexibility index (Phi) is 6.73. The lowest BCUT2D eigenvalue weighted by atomic mass is 9.95. The highest BCUT2D eigenvalue weighted by molar-refractivity contribution is 7.17. The van der Waals surface area contributed by atoms with Gasteiger partial charge in [0.1, 0.15) is 10.8 Å². The SMILES string of the molecule is CCOC(=O)c1c(NC(=O)[C@@H](CC)Oc2cccc(C)c2)sc2c1CCCC2.